The number of anilines is 1. The number of carbonyl (C=O) groups is 1. The predicted molar refractivity (Wildman–Crippen MR) is 103 cm³/mol. The van der Waals surface area contributed by atoms with Gasteiger partial charge in [-0.1, -0.05) is 31.4 Å². The zero-order valence-electron chi connectivity index (χ0n) is 15.4. The Morgan fingerprint density at radius 3 is 2.48 bits per heavy atom. The van der Waals surface area contributed by atoms with Crippen LogP contribution in [0.2, 0.25) is 0 Å². The molecule has 1 aliphatic carbocycles. The zero-order chi connectivity index (χ0) is 19.4. The highest BCUT2D eigenvalue weighted by atomic mass is 32.2. The minimum atomic E-state index is -3.25. The van der Waals surface area contributed by atoms with Gasteiger partial charge in [-0.3, -0.25) is 9.48 Å². The number of nitrogens with one attached hydrogen (secondary N) is 1. The number of hydrogen-bond donors (Lipinski definition) is 2. The predicted octanol–water partition coefficient (Wildman–Crippen LogP) is 2.78. The highest BCUT2D eigenvalue weighted by Gasteiger charge is 2.21. The van der Waals surface area contributed by atoms with Crippen LogP contribution in [0.4, 0.5) is 5.82 Å². The van der Waals surface area contributed by atoms with Gasteiger partial charge < -0.3 is 10.4 Å². The van der Waals surface area contributed by atoms with Gasteiger partial charge in [0.1, 0.15) is 0 Å². The van der Waals surface area contributed by atoms with Crippen molar-refractivity contribution in [3.63, 3.8) is 0 Å². The minimum Gasteiger partial charge on any atom is -0.396 e. The Bertz CT molecular complexity index is 898. The van der Waals surface area contributed by atoms with E-state index in [4.69, 9.17) is 5.11 Å². The van der Waals surface area contributed by atoms with Crippen LogP contribution in [-0.2, 0) is 14.6 Å². The van der Waals surface area contributed by atoms with E-state index in [-0.39, 0.29) is 29.9 Å². The Morgan fingerprint density at radius 1 is 1.22 bits per heavy atom. The van der Waals surface area contributed by atoms with E-state index in [1.807, 2.05) is 4.68 Å². The summed E-state index contributed by atoms with van der Waals surface area (Å²) in [5.41, 5.74) is 1.70. The molecule has 0 aliphatic heterocycles. The molecule has 1 aromatic carbocycles. The van der Waals surface area contributed by atoms with E-state index in [2.05, 4.69) is 10.4 Å². The minimum absolute atomic E-state index is 0.0225. The van der Waals surface area contributed by atoms with E-state index in [0.29, 0.717) is 5.82 Å². The van der Waals surface area contributed by atoms with Crippen molar-refractivity contribution in [2.75, 3.05) is 18.2 Å². The van der Waals surface area contributed by atoms with Crippen LogP contribution in [0.25, 0.3) is 11.3 Å². The molecule has 0 atom stereocenters. The fourth-order valence-corrected chi connectivity index (χ4v) is 4.09. The SMILES string of the molecule is CS(=O)(=O)c1ccc(-c2cc(NC(=O)CCO)nn2C2CCCCC2)cc1. The first-order valence-corrected chi connectivity index (χ1v) is 11.1. The summed E-state index contributed by atoms with van der Waals surface area (Å²) < 4.78 is 25.3. The molecule has 1 aromatic heterocycles. The third-order valence-electron chi connectivity index (χ3n) is 4.84. The van der Waals surface area contributed by atoms with Gasteiger partial charge in [-0.25, -0.2) is 8.42 Å². The van der Waals surface area contributed by atoms with Gasteiger partial charge in [-0.2, -0.15) is 5.10 Å². The van der Waals surface area contributed by atoms with E-state index >= 15 is 0 Å². The molecule has 1 fully saturated rings. The quantitative estimate of drug-likeness (QED) is 0.788. The van der Waals surface area contributed by atoms with Crippen LogP contribution in [0, 0.1) is 0 Å². The molecular weight excluding hydrogens is 366 g/mol. The van der Waals surface area contributed by atoms with E-state index in [1.165, 1.54) is 12.7 Å². The summed E-state index contributed by atoms with van der Waals surface area (Å²) in [6.07, 6.45) is 6.76. The van der Waals surface area contributed by atoms with Gasteiger partial charge in [0.25, 0.3) is 0 Å². The Labute approximate surface area is 159 Å². The molecule has 7 nitrogen and oxygen atoms in total. The zero-order valence-corrected chi connectivity index (χ0v) is 16.2. The van der Waals surface area contributed by atoms with Crippen molar-refractivity contribution in [3.05, 3.63) is 30.3 Å². The molecule has 2 aromatic rings. The Balaban J connectivity index is 1.96. The number of nitrogens with zero attached hydrogens (tertiary/aromatic N) is 2. The van der Waals surface area contributed by atoms with Gasteiger partial charge in [-0.15, -0.1) is 0 Å². The standard InChI is InChI=1S/C19H25N3O4S/c1-27(25,26)16-9-7-14(8-10-16)17-13-18(20-19(24)11-12-23)21-22(17)15-5-3-2-4-6-15/h7-10,13,15,23H,2-6,11-12H2,1H3,(H,20,21,24). The molecule has 27 heavy (non-hydrogen) atoms. The lowest BCUT2D eigenvalue weighted by molar-refractivity contribution is -0.116. The summed E-state index contributed by atoms with van der Waals surface area (Å²) in [5.74, 6) is 0.158. The number of amides is 1. The first-order valence-electron chi connectivity index (χ1n) is 9.19. The summed E-state index contributed by atoms with van der Waals surface area (Å²) in [5, 5.41) is 16.2. The van der Waals surface area contributed by atoms with Gasteiger partial charge in [0, 0.05) is 12.3 Å². The monoisotopic (exact) mass is 391 g/mol. The molecule has 1 aliphatic rings. The van der Waals surface area contributed by atoms with Crippen molar-refractivity contribution in [2.24, 2.45) is 0 Å². The smallest absolute Gasteiger partial charge is 0.227 e. The van der Waals surface area contributed by atoms with Gasteiger partial charge >= 0.3 is 0 Å². The van der Waals surface area contributed by atoms with Crippen LogP contribution in [0.3, 0.4) is 0 Å². The van der Waals surface area contributed by atoms with Crippen molar-refractivity contribution < 1.29 is 18.3 Å². The van der Waals surface area contributed by atoms with Crippen molar-refractivity contribution in [3.8, 4) is 11.3 Å². The van der Waals surface area contributed by atoms with Gasteiger partial charge in [0.05, 0.1) is 29.7 Å². The number of carbonyl (C=O) groups excluding carboxylic acids is 1. The second kappa shape index (κ2) is 8.22. The fraction of sp³-hybridized carbons (Fsp3) is 0.474. The maximum Gasteiger partial charge on any atom is 0.227 e. The Kier molecular flexibility index (Phi) is 5.96. The summed E-state index contributed by atoms with van der Waals surface area (Å²) in [7, 11) is -3.25. The maximum absolute atomic E-state index is 11.8. The summed E-state index contributed by atoms with van der Waals surface area (Å²) in [6.45, 7) is -0.213. The van der Waals surface area contributed by atoms with Crippen LogP contribution in [0.15, 0.2) is 35.2 Å². The van der Waals surface area contributed by atoms with Crippen LogP contribution >= 0.6 is 0 Å². The van der Waals surface area contributed by atoms with Gasteiger partial charge in [-0.05, 0) is 30.5 Å². The van der Waals surface area contributed by atoms with Crippen molar-refractivity contribution >= 4 is 21.6 Å². The molecule has 2 N–H and O–H groups in total. The normalized spacial score (nSPS) is 15.6. The topological polar surface area (TPSA) is 101 Å². The van der Waals surface area contributed by atoms with Crippen LogP contribution in [0.1, 0.15) is 44.6 Å². The number of aliphatic hydroxyl groups excluding tert-OH is 1. The average molecular weight is 391 g/mol. The first-order chi connectivity index (χ1) is 12.9. The number of sulfone groups is 1. The van der Waals surface area contributed by atoms with Crippen LogP contribution in [0.5, 0.6) is 0 Å². The lowest BCUT2D eigenvalue weighted by Crippen LogP contribution is -2.17. The van der Waals surface area contributed by atoms with Gasteiger partial charge in [0.2, 0.25) is 5.91 Å². The third kappa shape index (κ3) is 4.75. The number of aliphatic hydroxyl groups is 1. The van der Waals surface area contributed by atoms with Crippen molar-refractivity contribution in [2.45, 2.75) is 49.5 Å². The third-order valence-corrected chi connectivity index (χ3v) is 5.97. The molecule has 0 radical (unpaired) electrons. The molecule has 0 spiro atoms. The summed E-state index contributed by atoms with van der Waals surface area (Å²) >= 11 is 0. The Hall–Kier alpha value is -2.19. The molecule has 3 rings (SSSR count). The Morgan fingerprint density at radius 2 is 1.89 bits per heavy atom. The number of rotatable bonds is 6. The highest BCUT2D eigenvalue weighted by Crippen LogP contribution is 2.34. The van der Waals surface area contributed by atoms with Gasteiger partial charge in [0.15, 0.2) is 15.7 Å². The van der Waals surface area contributed by atoms with E-state index < -0.39 is 9.84 Å². The molecule has 0 unspecified atom stereocenters. The average Bonchev–Trinajstić information content (AvgIpc) is 3.06. The molecule has 0 bridgehead atoms. The molecule has 1 saturated carbocycles. The molecule has 1 amide bonds. The maximum atomic E-state index is 11.8. The molecule has 0 saturated heterocycles. The number of hydrogen-bond acceptors (Lipinski definition) is 5. The van der Waals surface area contributed by atoms with E-state index in [9.17, 15) is 13.2 Å². The molecule has 146 valence electrons. The largest absolute Gasteiger partial charge is 0.396 e. The highest BCUT2D eigenvalue weighted by molar-refractivity contribution is 7.90. The van der Waals surface area contributed by atoms with Crippen molar-refractivity contribution in [1.82, 2.24) is 9.78 Å². The van der Waals surface area contributed by atoms with Crippen LogP contribution < -0.4 is 5.32 Å². The van der Waals surface area contributed by atoms with Crippen LogP contribution in [-0.4, -0.2) is 42.1 Å². The summed E-state index contributed by atoms with van der Waals surface area (Å²) in [6, 6.07) is 8.78. The molecule has 8 heteroatoms. The summed E-state index contributed by atoms with van der Waals surface area (Å²) in [4.78, 5) is 12.1. The van der Waals surface area contributed by atoms with Crippen molar-refractivity contribution in [1.29, 1.82) is 0 Å². The molecule has 1 heterocycles. The number of aromatic nitrogens is 2. The first kappa shape index (κ1) is 19.6. The second-order valence-corrected chi connectivity index (χ2v) is 8.99. The molecular formula is C19H25N3O4S. The fourth-order valence-electron chi connectivity index (χ4n) is 3.45. The van der Waals surface area contributed by atoms with E-state index in [1.54, 1.807) is 30.3 Å². The van der Waals surface area contributed by atoms with E-state index in [0.717, 1.165) is 36.9 Å². The lowest BCUT2D eigenvalue weighted by atomic mass is 9.95. The lowest BCUT2D eigenvalue weighted by Gasteiger charge is -2.24. The second-order valence-electron chi connectivity index (χ2n) is 6.97. The number of benzene rings is 1.